The Labute approximate surface area is 84.3 Å². The van der Waals surface area contributed by atoms with Crippen LogP contribution in [0.15, 0.2) is 4.52 Å². The third kappa shape index (κ3) is 2.78. The smallest absolute Gasteiger partial charge is 0.243 e. The van der Waals surface area contributed by atoms with Crippen LogP contribution < -0.4 is 5.73 Å². The van der Waals surface area contributed by atoms with Gasteiger partial charge in [-0.05, 0) is 20.0 Å². The summed E-state index contributed by atoms with van der Waals surface area (Å²) < 4.78 is 5.08. The maximum atomic E-state index is 5.87. The van der Waals surface area contributed by atoms with Crippen molar-refractivity contribution < 1.29 is 4.52 Å². The van der Waals surface area contributed by atoms with E-state index in [-0.39, 0.29) is 6.04 Å². The van der Waals surface area contributed by atoms with Crippen molar-refractivity contribution in [1.82, 2.24) is 15.0 Å². The fourth-order valence-electron chi connectivity index (χ4n) is 1.04. The third-order valence-electron chi connectivity index (χ3n) is 1.94. The molecular formula is C9H18N4O. The minimum absolute atomic E-state index is 0.168. The van der Waals surface area contributed by atoms with E-state index < -0.39 is 0 Å². The van der Waals surface area contributed by atoms with Crippen molar-refractivity contribution in [3.05, 3.63) is 11.7 Å². The Balaban J connectivity index is 2.67. The highest BCUT2D eigenvalue weighted by atomic mass is 16.5. The van der Waals surface area contributed by atoms with Gasteiger partial charge in [-0.1, -0.05) is 19.0 Å². The van der Waals surface area contributed by atoms with Gasteiger partial charge in [0.25, 0.3) is 0 Å². The van der Waals surface area contributed by atoms with Gasteiger partial charge in [0, 0.05) is 0 Å². The summed E-state index contributed by atoms with van der Waals surface area (Å²) in [7, 11) is 3.91. The van der Waals surface area contributed by atoms with Gasteiger partial charge in [0.15, 0.2) is 5.82 Å². The van der Waals surface area contributed by atoms with Gasteiger partial charge < -0.3 is 15.2 Å². The molecule has 0 saturated carbocycles. The number of aromatic nitrogens is 2. The second-order valence-electron chi connectivity index (χ2n) is 4.06. The molecule has 0 aromatic carbocycles. The molecule has 1 unspecified atom stereocenters. The highest BCUT2D eigenvalue weighted by Gasteiger charge is 2.17. The van der Waals surface area contributed by atoms with Crippen LogP contribution in [0.25, 0.3) is 0 Å². The quantitative estimate of drug-likeness (QED) is 0.774. The molecule has 1 atom stereocenters. The van der Waals surface area contributed by atoms with Crippen molar-refractivity contribution in [3.8, 4) is 0 Å². The SMILES string of the molecule is CC(C)C(N)c1nc(CN(C)C)no1. The van der Waals surface area contributed by atoms with E-state index in [1.807, 2.05) is 32.8 Å². The molecule has 14 heavy (non-hydrogen) atoms. The number of nitrogens with two attached hydrogens (primary N) is 1. The third-order valence-corrected chi connectivity index (χ3v) is 1.94. The van der Waals surface area contributed by atoms with Crippen LogP contribution in [-0.2, 0) is 6.54 Å². The van der Waals surface area contributed by atoms with Gasteiger partial charge in [0.05, 0.1) is 12.6 Å². The molecule has 0 aliphatic carbocycles. The normalized spacial score (nSPS) is 13.9. The van der Waals surface area contributed by atoms with Gasteiger partial charge in [-0.3, -0.25) is 0 Å². The summed E-state index contributed by atoms with van der Waals surface area (Å²) in [4.78, 5) is 6.21. The van der Waals surface area contributed by atoms with Gasteiger partial charge in [-0.2, -0.15) is 4.98 Å². The van der Waals surface area contributed by atoms with Crippen molar-refractivity contribution in [2.24, 2.45) is 11.7 Å². The van der Waals surface area contributed by atoms with Gasteiger partial charge in [0.1, 0.15) is 0 Å². The number of rotatable bonds is 4. The van der Waals surface area contributed by atoms with Crippen LogP contribution in [0.3, 0.4) is 0 Å². The van der Waals surface area contributed by atoms with Crippen LogP contribution in [0, 0.1) is 5.92 Å². The molecule has 0 bridgehead atoms. The van der Waals surface area contributed by atoms with Crippen molar-refractivity contribution in [1.29, 1.82) is 0 Å². The van der Waals surface area contributed by atoms with Gasteiger partial charge in [-0.25, -0.2) is 0 Å². The molecule has 0 spiro atoms. The highest BCUT2D eigenvalue weighted by Crippen LogP contribution is 2.16. The molecule has 0 radical (unpaired) electrons. The van der Waals surface area contributed by atoms with Crippen LogP contribution in [0.5, 0.6) is 0 Å². The van der Waals surface area contributed by atoms with E-state index in [9.17, 15) is 0 Å². The molecule has 1 aromatic rings. The molecule has 1 aromatic heterocycles. The minimum atomic E-state index is -0.168. The summed E-state index contributed by atoms with van der Waals surface area (Å²) in [5.74, 6) is 1.51. The van der Waals surface area contributed by atoms with Crippen molar-refractivity contribution in [2.75, 3.05) is 14.1 Å². The van der Waals surface area contributed by atoms with Gasteiger partial charge in [-0.15, -0.1) is 0 Å². The van der Waals surface area contributed by atoms with Crippen LogP contribution in [0.1, 0.15) is 31.6 Å². The molecule has 5 nitrogen and oxygen atoms in total. The Bertz CT molecular complexity index is 282. The lowest BCUT2D eigenvalue weighted by Gasteiger charge is -2.09. The number of hydrogen-bond donors (Lipinski definition) is 1. The Morgan fingerprint density at radius 3 is 2.57 bits per heavy atom. The lowest BCUT2D eigenvalue weighted by molar-refractivity contribution is 0.316. The average Bonchev–Trinajstić information content (AvgIpc) is 2.50. The zero-order valence-corrected chi connectivity index (χ0v) is 9.19. The second-order valence-corrected chi connectivity index (χ2v) is 4.06. The lowest BCUT2D eigenvalue weighted by Crippen LogP contribution is -2.17. The van der Waals surface area contributed by atoms with Crippen molar-refractivity contribution >= 4 is 0 Å². The summed E-state index contributed by atoms with van der Waals surface area (Å²) in [5, 5.41) is 3.85. The maximum absolute atomic E-state index is 5.87. The van der Waals surface area contributed by atoms with Crippen LogP contribution >= 0.6 is 0 Å². The van der Waals surface area contributed by atoms with E-state index >= 15 is 0 Å². The van der Waals surface area contributed by atoms with Crippen LogP contribution in [0.2, 0.25) is 0 Å². The summed E-state index contributed by atoms with van der Waals surface area (Å²) in [6, 6.07) is -0.168. The van der Waals surface area contributed by atoms with E-state index in [1.165, 1.54) is 0 Å². The lowest BCUT2D eigenvalue weighted by atomic mass is 10.1. The van der Waals surface area contributed by atoms with Crippen molar-refractivity contribution in [2.45, 2.75) is 26.4 Å². The largest absolute Gasteiger partial charge is 0.338 e. The molecule has 0 fully saturated rings. The molecule has 0 saturated heterocycles. The first-order valence-electron chi connectivity index (χ1n) is 4.73. The van der Waals surface area contributed by atoms with E-state index in [4.69, 9.17) is 10.3 Å². The first kappa shape index (κ1) is 11.1. The highest BCUT2D eigenvalue weighted by molar-refractivity contribution is 4.92. The van der Waals surface area contributed by atoms with Crippen molar-refractivity contribution in [3.63, 3.8) is 0 Å². The molecule has 1 heterocycles. The molecular weight excluding hydrogens is 180 g/mol. The molecule has 1 rings (SSSR count). The molecule has 0 amide bonds. The monoisotopic (exact) mass is 198 g/mol. The Kier molecular flexibility index (Phi) is 3.60. The second kappa shape index (κ2) is 4.52. The topological polar surface area (TPSA) is 68.2 Å². The Hall–Kier alpha value is -0.940. The predicted molar refractivity (Wildman–Crippen MR) is 53.5 cm³/mol. The number of hydrogen-bond acceptors (Lipinski definition) is 5. The zero-order chi connectivity index (χ0) is 10.7. The predicted octanol–water partition coefficient (Wildman–Crippen LogP) is 0.787. The van der Waals surface area contributed by atoms with E-state index in [0.717, 1.165) is 0 Å². The van der Waals surface area contributed by atoms with Crippen LogP contribution in [-0.4, -0.2) is 29.1 Å². The van der Waals surface area contributed by atoms with Gasteiger partial charge >= 0.3 is 0 Å². The molecule has 2 N–H and O–H groups in total. The standard InChI is InChI=1S/C9H18N4O/c1-6(2)8(10)9-11-7(12-14-9)5-13(3)4/h6,8H,5,10H2,1-4H3. The zero-order valence-electron chi connectivity index (χ0n) is 9.19. The molecule has 0 aliphatic heterocycles. The summed E-state index contributed by atoms with van der Waals surface area (Å²) in [6.07, 6.45) is 0. The minimum Gasteiger partial charge on any atom is -0.338 e. The van der Waals surface area contributed by atoms with Gasteiger partial charge in [0.2, 0.25) is 5.89 Å². The maximum Gasteiger partial charge on any atom is 0.243 e. The van der Waals surface area contributed by atoms with E-state index in [1.54, 1.807) is 0 Å². The average molecular weight is 198 g/mol. The summed E-state index contributed by atoms with van der Waals surface area (Å²) in [5.41, 5.74) is 5.87. The summed E-state index contributed by atoms with van der Waals surface area (Å²) in [6.45, 7) is 4.73. The Morgan fingerprint density at radius 2 is 2.07 bits per heavy atom. The molecule has 80 valence electrons. The fourth-order valence-corrected chi connectivity index (χ4v) is 1.04. The van der Waals surface area contributed by atoms with E-state index in [0.29, 0.717) is 24.2 Å². The fraction of sp³-hybridized carbons (Fsp3) is 0.778. The first-order valence-corrected chi connectivity index (χ1v) is 4.73. The molecule has 5 heteroatoms. The molecule has 0 aliphatic rings. The van der Waals surface area contributed by atoms with Crippen LogP contribution in [0.4, 0.5) is 0 Å². The number of nitrogens with zero attached hydrogens (tertiary/aromatic N) is 3. The summed E-state index contributed by atoms with van der Waals surface area (Å²) >= 11 is 0. The Morgan fingerprint density at radius 1 is 1.43 bits per heavy atom. The van der Waals surface area contributed by atoms with E-state index in [2.05, 4.69) is 10.1 Å². The first-order chi connectivity index (χ1) is 6.50.